The van der Waals surface area contributed by atoms with Gasteiger partial charge in [-0.1, -0.05) is 24.3 Å². The van der Waals surface area contributed by atoms with Crippen LogP contribution in [0.4, 0.5) is 0 Å². The van der Waals surface area contributed by atoms with Crippen LogP contribution in [0.1, 0.15) is 45.0 Å². The molecule has 26 heavy (non-hydrogen) atoms. The first-order valence-corrected chi connectivity index (χ1v) is 9.36. The highest BCUT2D eigenvalue weighted by molar-refractivity contribution is 5.22. The van der Waals surface area contributed by atoms with Gasteiger partial charge in [0.15, 0.2) is 35.9 Å². The number of pyridine rings is 2. The van der Waals surface area contributed by atoms with Gasteiger partial charge in [0.05, 0.1) is 0 Å². The van der Waals surface area contributed by atoms with Gasteiger partial charge >= 0.3 is 0 Å². The number of rotatable bonds is 4. The summed E-state index contributed by atoms with van der Waals surface area (Å²) in [4.78, 5) is 0. The third-order valence-electron chi connectivity index (χ3n) is 5.15. The zero-order valence-electron chi connectivity index (χ0n) is 16.9. The largest absolute Gasteiger partial charge is 0.196 e. The molecule has 2 aromatic heterocycles. The van der Waals surface area contributed by atoms with E-state index < -0.39 is 0 Å². The van der Waals surface area contributed by atoms with E-state index in [1.165, 1.54) is 45.0 Å². The van der Waals surface area contributed by atoms with E-state index in [2.05, 4.69) is 99.2 Å². The van der Waals surface area contributed by atoms with Gasteiger partial charge in [0.2, 0.25) is 0 Å². The van der Waals surface area contributed by atoms with E-state index in [-0.39, 0.29) is 0 Å². The fourth-order valence-electron chi connectivity index (χ4n) is 3.88. The van der Waals surface area contributed by atoms with Crippen LogP contribution in [0.25, 0.3) is 0 Å². The summed E-state index contributed by atoms with van der Waals surface area (Å²) in [5, 5.41) is 0. The standard InChI is InChI=1S/C24H30N2/c1-17-11-19(3)25(20(4)12-17)15-23-7-9-24(10-8-23)16-26-21(5)13-18(2)14-22(26)6/h7-14H,15-16H2,1-6H3/q+2. The molecule has 0 aliphatic rings. The van der Waals surface area contributed by atoms with E-state index in [1.54, 1.807) is 0 Å². The Kier molecular flexibility index (Phi) is 5.22. The minimum Gasteiger partial charge on any atom is -0.196 e. The van der Waals surface area contributed by atoms with Gasteiger partial charge in [-0.15, -0.1) is 0 Å². The average Bonchev–Trinajstić information content (AvgIpc) is 2.55. The first-order valence-electron chi connectivity index (χ1n) is 9.36. The molecule has 0 spiro atoms. The first kappa shape index (κ1) is 18.3. The summed E-state index contributed by atoms with van der Waals surface area (Å²) >= 11 is 0. The quantitative estimate of drug-likeness (QED) is 0.625. The Morgan fingerprint density at radius 1 is 0.500 bits per heavy atom. The van der Waals surface area contributed by atoms with Crippen molar-refractivity contribution in [2.24, 2.45) is 0 Å². The van der Waals surface area contributed by atoms with E-state index >= 15 is 0 Å². The van der Waals surface area contributed by atoms with Crippen molar-refractivity contribution < 1.29 is 9.13 Å². The Bertz CT molecular complexity index is 812. The number of aromatic nitrogens is 2. The van der Waals surface area contributed by atoms with Crippen LogP contribution in [0.5, 0.6) is 0 Å². The molecule has 0 amide bonds. The number of hydrogen-bond donors (Lipinski definition) is 0. The molecule has 0 saturated heterocycles. The highest BCUT2D eigenvalue weighted by atomic mass is 15.0. The summed E-state index contributed by atoms with van der Waals surface area (Å²) in [5.74, 6) is 0. The normalized spacial score (nSPS) is 11.0. The van der Waals surface area contributed by atoms with Crippen LogP contribution in [0, 0.1) is 41.5 Å². The molecule has 0 unspecified atom stereocenters. The maximum atomic E-state index is 2.38. The van der Waals surface area contributed by atoms with Gasteiger partial charge in [0, 0.05) is 63.1 Å². The third-order valence-corrected chi connectivity index (χ3v) is 5.15. The van der Waals surface area contributed by atoms with E-state index in [4.69, 9.17) is 0 Å². The van der Waals surface area contributed by atoms with Gasteiger partial charge in [-0.2, -0.15) is 9.13 Å². The molecule has 1 aromatic carbocycles. The maximum Gasteiger partial charge on any atom is 0.179 e. The van der Waals surface area contributed by atoms with Crippen LogP contribution in [0.2, 0.25) is 0 Å². The van der Waals surface area contributed by atoms with Crippen LogP contribution in [0.15, 0.2) is 48.5 Å². The van der Waals surface area contributed by atoms with Gasteiger partial charge in [-0.05, 0) is 25.0 Å². The molecule has 2 nitrogen and oxygen atoms in total. The summed E-state index contributed by atoms with van der Waals surface area (Å²) in [6.07, 6.45) is 0. The average molecular weight is 347 g/mol. The molecule has 0 radical (unpaired) electrons. The second kappa shape index (κ2) is 7.41. The minimum absolute atomic E-state index is 0.925. The lowest BCUT2D eigenvalue weighted by Gasteiger charge is -2.08. The number of benzene rings is 1. The van der Waals surface area contributed by atoms with Crippen molar-refractivity contribution in [3.05, 3.63) is 93.6 Å². The molecule has 0 aliphatic heterocycles. The molecular weight excluding hydrogens is 316 g/mol. The molecule has 0 N–H and O–H groups in total. The molecule has 0 aliphatic carbocycles. The van der Waals surface area contributed by atoms with Crippen molar-refractivity contribution in [2.75, 3.05) is 0 Å². The van der Waals surface area contributed by atoms with Crippen LogP contribution in [-0.4, -0.2) is 0 Å². The van der Waals surface area contributed by atoms with Crippen LogP contribution < -0.4 is 9.13 Å². The van der Waals surface area contributed by atoms with Crippen molar-refractivity contribution in [1.29, 1.82) is 0 Å². The Hall–Kier alpha value is -2.48. The Morgan fingerprint density at radius 3 is 1.04 bits per heavy atom. The zero-order valence-corrected chi connectivity index (χ0v) is 16.9. The van der Waals surface area contributed by atoms with Crippen molar-refractivity contribution in [3.8, 4) is 0 Å². The summed E-state index contributed by atoms with van der Waals surface area (Å²) in [7, 11) is 0. The Labute approximate surface area is 157 Å². The predicted octanol–water partition coefficient (Wildman–Crippen LogP) is 4.21. The van der Waals surface area contributed by atoms with E-state index in [0.717, 1.165) is 13.1 Å². The molecule has 2 heteroatoms. The van der Waals surface area contributed by atoms with Crippen molar-refractivity contribution in [3.63, 3.8) is 0 Å². The van der Waals surface area contributed by atoms with Crippen LogP contribution in [0.3, 0.4) is 0 Å². The molecule has 2 heterocycles. The molecule has 0 saturated carbocycles. The highest BCUT2D eigenvalue weighted by Gasteiger charge is 2.14. The Morgan fingerprint density at radius 2 is 0.769 bits per heavy atom. The van der Waals surface area contributed by atoms with Crippen LogP contribution in [-0.2, 0) is 13.1 Å². The first-order chi connectivity index (χ1) is 12.3. The smallest absolute Gasteiger partial charge is 0.179 e. The molecule has 3 aromatic rings. The van der Waals surface area contributed by atoms with Crippen molar-refractivity contribution in [2.45, 2.75) is 54.6 Å². The lowest BCUT2D eigenvalue weighted by molar-refractivity contribution is -0.700. The van der Waals surface area contributed by atoms with Crippen LogP contribution >= 0.6 is 0 Å². The minimum atomic E-state index is 0.925. The fourth-order valence-corrected chi connectivity index (χ4v) is 3.88. The summed E-state index contributed by atoms with van der Waals surface area (Å²) in [6.45, 7) is 14.9. The van der Waals surface area contributed by atoms with E-state index in [1.807, 2.05) is 0 Å². The number of hydrogen-bond acceptors (Lipinski definition) is 0. The van der Waals surface area contributed by atoms with Gasteiger partial charge < -0.3 is 0 Å². The number of aryl methyl sites for hydroxylation is 6. The summed E-state index contributed by atoms with van der Waals surface area (Å²) in [6, 6.07) is 18.1. The van der Waals surface area contributed by atoms with Gasteiger partial charge in [0.1, 0.15) is 0 Å². The molecule has 134 valence electrons. The maximum absolute atomic E-state index is 2.38. The van der Waals surface area contributed by atoms with E-state index in [9.17, 15) is 0 Å². The summed E-state index contributed by atoms with van der Waals surface area (Å²) in [5.41, 5.74) is 10.6. The summed E-state index contributed by atoms with van der Waals surface area (Å²) < 4.78 is 4.76. The molecule has 0 fully saturated rings. The molecule has 3 rings (SSSR count). The van der Waals surface area contributed by atoms with Crippen molar-refractivity contribution in [1.82, 2.24) is 0 Å². The second-order valence-electron chi connectivity index (χ2n) is 7.62. The number of nitrogens with zero attached hydrogens (tertiary/aromatic N) is 2. The molecule has 0 atom stereocenters. The fraction of sp³-hybridized carbons (Fsp3) is 0.333. The third kappa shape index (κ3) is 4.01. The lowest BCUT2D eigenvalue weighted by atomic mass is 10.1. The predicted molar refractivity (Wildman–Crippen MR) is 106 cm³/mol. The molecular formula is C24H30N2+2. The van der Waals surface area contributed by atoms with Crippen molar-refractivity contribution >= 4 is 0 Å². The highest BCUT2D eigenvalue weighted by Crippen LogP contribution is 2.09. The van der Waals surface area contributed by atoms with E-state index in [0.29, 0.717) is 0 Å². The lowest BCUT2D eigenvalue weighted by Crippen LogP contribution is -2.41. The molecule has 0 bridgehead atoms. The van der Waals surface area contributed by atoms with Gasteiger partial charge in [-0.3, -0.25) is 0 Å². The monoisotopic (exact) mass is 346 g/mol. The Balaban J connectivity index is 1.80. The second-order valence-corrected chi connectivity index (χ2v) is 7.62. The zero-order chi connectivity index (χ0) is 18.8. The topological polar surface area (TPSA) is 7.76 Å². The van der Waals surface area contributed by atoms with Gasteiger partial charge in [-0.25, -0.2) is 0 Å². The SMILES string of the molecule is Cc1cc(C)[n+](Cc2ccc(C[n+]3c(C)cc(C)cc3C)cc2)c(C)c1. The van der Waals surface area contributed by atoms with Gasteiger partial charge in [0.25, 0.3) is 0 Å².